The first-order chi connectivity index (χ1) is 8.43. The van der Waals surface area contributed by atoms with Crippen LogP contribution < -0.4 is 10.6 Å². The molecule has 0 aliphatic rings. The Morgan fingerprint density at radius 1 is 1.56 bits per heavy atom. The van der Waals surface area contributed by atoms with Crippen molar-refractivity contribution in [2.45, 2.75) is 13.0 Å². The fourth-order valence-electron chi connectivity index (χ4n) is 1.56. The summed E-state index contributed by atoms with van der Waals surface area (Å²) < 4.78 is 0. The summed E-state index contributed by atoms with van der Waals surface area (Å²) in [4.78, 5) is 20.3. The Balaban J connectivity index is 2.93. The Bertz CT molecular complexity index is 423. The van der Waals surface area contributed by atoms with Crippen molar-refractivity contribution in [3.63, 3.8) is 0 Å². The minimum atomic E-state index is -0.496. The van der Waals surface area contributed by atoms with Gasteiger partial charge in [-0.1, -0.05) is 0 Å². The topological polar surface area (TPSA) is 96.2 Å². The monoisotopic (exact) mass is 254 g/mol. The lowest BCUT2D eigenvalue weighted by Crippen LogP contribution is -2.30. The SMILES string of the molecule is CNc1ncc([N+](=O)[O-])c(NC(C)CN(C)C)n1. The maximum Gasteiger partial charge on any atom is 0.329 e. The summed E-state index contributed by atoms with van der Waals surface area (Å²) in [5.74, 6) is 0.578. The third-order valence-corrected chi connectivity index (χ3v) is 2.21. The molecule has 100 valence electrons. The Morgan fingerprint density at radius 3 is 2.72 bits per heavy atom. The predicted octanol–water partition coefficient (Wildman–Crippen LogP) is 0.788. The summed E-state index contributed by atoms with van der Waals surface area (Å²) >= 11 is 0. The van der Waals surface area contributed by atoms with Crippen molar-refractivity contribution in [1.29, 1.82) is 0 Å². The molecule has 0 aliphatic carbocycles. The van der Waals surface area contributed by atoms with Gasteiger partial charge in [0, 0.05) is 19.6 Å². The average molecular weight is 254 g/mol. The molecular weight excluding hydrogens is 236 g/mol. The van der Waals surface area contributed by atoms with Crippen LogP contribution in [0.2, 0.25) is 0 Å². The van der Waals surface area contributed by atoms with Gasteiger partial charge in [0.05, 0.1) is 4.92 Å². The van der Waals surface area contributed by atoms with Gasteiger partial charge in [-0.15, -0.1) is 0 Å². The van der Waals surface area contributed by atoms with Gasteiger partial charge in [0.25, 0.3) is 0 Å². The van der Waals surface area contributed by atoms with Crippen molar-refractivity contribution in [3.05, 3.63) is 16.3 Å². The first kappa shape index (κ1) is 14.1. The largest absolute Gasteiger partial charge is 0.360 e. The van der Waals surface area contributed by atoms with E-state index in [0.29, 0.717) is 5.95 Å². The molecular formula is C10H18N6O2. The molecule has 0 spiro atoms. The first-order valence-electron chi connectivity index (χ1n) is 5.54. The number of rotatable bonds is 6. The van der Waals surface area contributed by atoms with Gasteiger partial charge in [0.15, 0.2) is 0 Å². The van der Waals surface area contributed by atoms with Crippen molar-refractivity contribution >= 4 is 17.5 Å². The zero-order chi connectivity index (χ0) is 13.7. The second-order valence-corrected chi connectivity index (χ2v) is 4.24. The highest BCUT2D eigenvalue weighted by atomic mass is 16.6. The van der Waals surface area contributed by atoms with Gasteiger partial charge in [-0.25, -0.2) is 4.98 Å². The molecule has 0 saturated carbocycles. The number of hydrogen-bond acceptors (Lipinski definition) is 7. The normalized spacial score (nSPS) is 12.3. The molecule has 8 nitrogen and oxygen atoms in total. The summed E-state index contributed by atoms with van der Waals surface area (Å²) in [6.07, 6.45) is 1.20. The Morgan fingerprint density at radius 2 is 2.22 bits per heavy atom. The van der Waals surface area contributed by atoms with Crippen LogP contribution >= 0.6 is 0 Å². The van der Waals surface area contributed by atoms with Gasteiger partial charge in [0.1, 0.15) is 6.20 Å². The quantitative estimate of drug-likeness (QED) is 0.572. The van der Waals surface area contributed by atoms with Crippen molar-refractivity contribution in [3.8, 4) is 0 Å². The maximum absolute atomic E-state index is 10.9. The highest BCUT2D eigenvalue weighted by Crippen LogP contribution is 2.22. The second kappa shape index (κ2) is 6.10. The fraction of sp³-hybridized carbons (Fsp3) is 0.600. The lowest BCUT2D eigenvalue weighted by Gasteiger charge is -2.18. The number of aromatic nitrogens is 2. The smallest absolute Gasteiger partial charge is 0.329 e. The zero-order valence-corrected chi connectivity index (χ0v) is 11.0. The number of nitrogens with zero attached hydrogens (tertiary/aromatic N) is 4. The van der Waals surface area contributed by atoms with E-state index in [4.69, 9.17) is 0 Å². The molecule has 0 aliphatic heterocycles. The lowest BCUT2D eigenvalue weighted by molar-refractivity contribution is -0.384. The average Bonchev–Trinajstić information content (AvgIpc) is 2.27. The van der Waals surface area contributed by atoms with Gasteiger partial charge in [-0.2, -0.15) is 4.98 Å². The zero-order valence-electron chi connectivity index (χ0n) is 11.0. The molecule has 1 rings (SSSR count). The number of nitro groups is 1. The van der Waals surface area contributed by atoms with Crippen LogP contribution in [0.4, 0.5) is 17.5 Å². The van der Waals surface area contributed by atoms with Crippen LogP contribution in [0.25, 0.3) is 0 Å². The molecule has 0 radical (unpaired) electrons. The van der Waals surface area contributed by atoms with E-state index in [0.717, 1.165) is 6.54 Å². The molecule has 0 bridgehead atoms. The summed E-state index contributed by atoms with van der Waals surface area (Å²) in [5, 5.41) is 16.7. The lowest BCUT2D eigenvalue weighted by atomic mass is 10.3. The van der Waals surface area contributed by atoms with Crippen molar-refractivity contribution in [2.75, 3.05) is 38.3 Å². The van der Waals surface area contributed by atoms with Crippen LogP contribution in [-0.2, 0) is 0 Å². The molecule has 0 fully saturated rings. The van der Waals surface area contributed by atoms with Crippen molar-refractivity contribution in [1.82, 2.24) is 14.9 Å². The summed E-state index contributed by atoms with van der Waals surface area (Å²) in [6, 6.07) is 0.0401. The van der Waals surface area contributed by atoms with E-state index in [2.05, 4.69) is 20.6 Å². The first-order valence-corrected chi connectivity index (χ1v) is 5.54. The third-order valence-electron chi connectivity index (χ3n) is 2.21. The molecule has 1 unspecified atom stereocenters. The Hall–Kier alpha value is -1.96. The van der Waals surface area contributed by atoms with E-state index in [1.54, 1.807) is 7.05 Å². The summed E-state index contributed by atoms with van der Waals surface area (Å²) in [5.41, 5.74) is -0.125. The van der Waals surface area contributed by atoms with Gasteiger partial charge in [-0.3, -0.25) is 10.1 Å². The molecule has 2 N–H and O–H groups in total. The number of anilines is 2. The molecule has 1 atom stereocenters. The Kier molecular flexibility index (Phi) is 4.78. The van der Waals surface area contributed by atoms with Crippen LogP contribution in [0.3, 0.4) is 0 Å². The molecule has 0 saturated heterocycles. The van der Waals surface area contributed by atoms with Crippen LogP contribution in [-0.4, -0.2) is 53.5 Å². The van der Waals surface area contributed by atoms with Crippen LogP contribution in [0.1, 0.15) is 6.92 Å². The van der Waals surface area contributed by atoms with E-state index in [1.165, 1.54) is 6.20 Å². The van der Waals surface area contributed by atoms with Crippen LogP contribution in [0.15, 0.2) is 6.20 Å². The molecule has 8 heteroatoms. The van der Waals surface area contributed by atoms with Crippen molar-refractivity contribution in [2.24, 2.45) is 0 Å². The van der Waals surface area contributed by atoms with Crippen molar-refractivity contribution < 1.29 is 4.92 Å². The maximum atomic E-state index is 10.9. The number of nitrogens with one attached hydrogen (secondary N) is 2. The standard InChI is InChI=1S/C10H18N6O2/c1-7(6-15(3)4)13-9-8(16(17)18)5-12-10(11-2)14-9/h5,7H,6H2,1-4H3,(H2,11,12,13,14). The molecule has 1 aromatic heterocycles. The third kappa shape index (κ3) is 3.81. The second-order valence-electron chi connectivity index (χ2n) is 4.24. The van der Waals surface area contributed by atoms with Gasteiger partial charge in [0.2, 0.25) is 11.8 Å². The van der Waals surface area contributed by atoms with Gasteiger partial charge in [-0.05, 0) is 21.0 Å². The minimum Gasteiger partial charge on any atom is -0.360 e. The number of likely N-dealkylation sites (N-methyl/N-ethyl adjacent to an activating group) is 1. The molecule has 0 aromatic carbocycles. The van der Waals surface area contributed by atoms with E-state index in [1.807, 2.05) is 25.9 Å². The van der Waals surface area contributed by atoms with Crippen LogP contribution in [0, 0.1) is 10.1 Å². The van der Waals surface area contributed by atoms with Gasteiger partial charge >= 0.3 is 5.69 Å². The summed E-state index contributed by atoms with van der Waals surface area (Å²) in [6.45, 7) is 2.68. The van der Waals surface area contributed by atoms with Gasteiger partial charge < -0.3 is 15.5 Å². The number of hydrogen-bond donors (Lipinski definition) is 2. The molecule has 18 heavy (non-hydrogen) atoms. The fourth-order valence-corrected chi connectivity index (χ4v) is 1.56. The molecule has 0 amide bonds. The van der Waals surface area contributed by atoms with E-state index in [9.17, 15) is 10.1 Å². The summed E-state index contributed by atoms with van der Waals surface area (Å²) in [7, 11) is 5.53. The predicted molar refractivity (Wildman–Crippen MR) is 69.9 cm³/mol. The van der Waals surface area contributed by atoms with E-state index >= 15 is 0 Å². The highest BCUT2D eigenvalue weighted by Gasteiger charge is 2.18. The molecule has 1 heterocycles. The van der Waals surface area contributed by atoms with E-state index < -0.39 is 4.92 Å². The molecule has 1 aromatic rings. The van der Waals surface area contributed by atoms with E-state index in [-0.39, 0.29) is 17.5 Å². The minimum absolute atomic E-state index is 0.0401. The highest BCUT2D eigenvalue weighted by molar-refractivity contribution is 5.57. The van der Waals surface area contributed by atoms with Crippen LogP contribution in [0.5, 0.6) is 0 Å². The Labute approximate surface area is 106 Å².